The van der Waals surface area contributed by atoms with Gasteiger partial charge in [-0.1, -0.05) is 18.2 Å². The third-order valence-corrected chi connectivity index (χ3v) is 1.06. The van der Waals surface area contributed by atoms with Gasteiger partial charge in [0, 0.05) is 31.6 Å². The number of anilines is 1. The van der Waals surface area contributed by atoms with E-state index in [0.717, 1.165) is 5.69 Å². The van der Waals surface area contributed by atoms with Crippen molar-refractivity contribution < 1.29 is 0 Å². The average molecular weight is 114 g/mol. The summed E-state index contributed by atoms with van der Waals surface area (Å²) in [6, 6.07) is 10.1. The minimum Gasteiger partial charge on any atom is -0.388 e. The molecule has 0 fully saturated rings. The Morgan fingerprint density at radius 3 is 2.00 bits per heavy atom. The van der Waals surface area contributed by atoms with E-state index in [1.807, 2.05) is 37.4 Å². The van der Waals surface area contributed by atoms with E-state index >= 15 is 0 Å². The van der Waals surface area contributed by atoms with Crippen LogP contribution in [0.5, 0.6) is 0 Å². The molecule has 0 aromatic heterocycles. The summed E-state index contributed by atoms with van der Waals surface area (Å²) >= 11 is 0. The van der Waals surface area contributed by atoms with Gasteiger partial charge in [0.1, 0.15) is 0 Å². The fraction of sp³-hybridized carbons (Fsp3) is 0.143. The van der Waals surface area contributed by atoms with E-state index in [1.165, 1.54) is 0 Å². The molecule has 0 spiro atoms. The largest absolute Gasteiger partial charge is 0.388 e. The maximum Gasteiger partial charge on any atom is 0.0337 e. The molecule has 0 heterocycles. The Hall–Kier alpha value is -0.383. The number of hydrogen-bond acceptors (Lipinski definition) is 1. The second-order valence-electron chi connectivity index (χ2n) is 1.62. The van der Waals surface area contributed by atoms with Gasteiger partial charge in [-0.15, -0.1) is 0 Å². The van der Waals surface area contributed by atoms with Gasteiger partial charge in [-0.2, -0.15) is 0 Å². The van der Waals surface area contributed by atoms with Gasteiger partial charge in [0.25, 0.3) is 0 Å². The van der Waals surface area contributed by atoms with Crippen molar-refractivity contribution in [2.24, 2.45) is 0 Å². The normalized spacial score (nSPS) is 7.67. The fourth-order valence-corrected chi connectivity index (χ4v) is 0.605. The zero-order valence-electron chi connectivity index (χ0n) is 5.89. The SMILES string of the molecule is CNc1ccccc1.[Li]. The number of benzene rings is 1. The molecule has 0 aliphatic heterocycles. The molecule has 2 heteroatoms. The van der Waals surface area contributed by atoms with Crippen LogP contribution in [0.1, 0.15) is 0 Å². The third kappa shape index (κ3) is 2.60. The second-order valence-corrected chi connectivity index (χ2v) is 1.62. The Morgan fingerprint density at radius 1 is 1.11 bits per heavy atom. The monoisotopic (exact) mass is 114 g/mol. The zero-order chi connectivity index (χ0) is 5.82. The van der Waals surface area contributed by atoms with Crippen LogP contribution in [0, 0.1) is 0 Å². The molecule has 0 bridgehead atoms. The maximum atomic E-state index is 3.03. The first-order valence-electron chi connectivity index (χ1n) is 2.66. The number of para-hydroxylation sites is 1. The Labute approximate surface area is 67.6 Å². The number of hydrogen-bond donors (Lipinski definition) is 1. The fourth-order valence-electron chi connectivity index (χ4n) is 0.605. The summed E-state index contributed by atoms with van der Waals surface area (Å²) in [5, 5.41) is 3.03. The number of nitrogens with one attached hydrogen (secondary N) is 1. The van der Waals surface area contributed by atoms with Crippen LogP contribution in [0.15, 0.2) is 30.3 Å². The molecule has 1 aromatic rings. The van der Waals surface area contributed by atoms with Crippen molar-refractivity contribution in [2.45, 2.75) is 0 Å². The van der Waals surface area contributed by atoms with Gasteiger partial charge < -0.3 is 5.32 Å². The molecule has 1 nitrogen and oxygen atoms in total. The van der Waals surface area contributed by atoms with E-state index < -0.39 is 0 Å². The first-order valence-corrected chi connectivity index (χ1v) is 2.66. The van der Waals surface area contributed by atoms with Crippen LogP contribution in [0.3, 0.4) is 0 Å². The average Bonchev–Trinajstić information content (AvgIpc) is 1.90. The smallest absolute Gasteiger partial charge is 0.0337 e. The van der Waals surface area contributed by atoms with Gasteiger partial charge in [-0.05, 0) is 12.1 Å². The van der Waals surface area contributed by atoms with Crippen LogP contribution in [-0.2, 0) is 0 Å². The van der Waals surface area contributed by atoms with Crippen LogP contribution in [0.25, 0.3) is 0 Å². The van der Waals surface area contributed by atoms with Crippen LogP contribution in [-0.4, -0.2) is 25.9 Å². The molecule has 0 aliphatic rings. The molecule has 0 aliphatic carbocycles. The molecular formula is C7H9LiN. The van der Waals surface area contributed by atoms with E-state index in [2.05, 4.69) is 5.32 Å². The molecule has 1 radical (unpaired) electrons. The van der Waals surface area contributed by atoms with Crippen molar-refractivity contribution in [1.29, 1.82) is 0 Å². The molecule has 1 aromatic carbocycles. The maximum absolute atomic E-state index is 3.03. The summed E-state index contributed by atoms with van der Waals surface area (Å²) in [6.45, 7) is 0. The molecule has 43 valence electrons. The van der Waals surface area contributed by atoms with Gasteiger partial charge >= 0.3 is 0 Å². The van der Waals surface area contributed by atoms with Crippen molar-refractivity contribution >= 4 is 24.5 Å². The minimum atomic E-state index is 0. The third-order valence-electron chi connectivity index (χ3n) is 1.06. The Kier molecular flexibility index (Phi) is 4.30. The van der Waals surface area contributed by atoms with E-state index in [0.29, 0.717) is 0 Å². The van der Waals surface area contributed by atoms with Gasteiger partial charge in [0.2, 0.25) is 0 Å². The molecule has 9 heavy (non-hydrogen) atoms. The molecular weight excluding hydrogens is 105 g/mol. The summed E-state index contributed by atoms with van der Waals surface area (Å²) in [7, 11) is 1.91. The number of rotatable bonds is 1. The topological polar surface area (TPSA) is 12.0 Å². The Morgan fingerprint density at radius 2 is 1.67 bits per heavy atom. The summed E-state index contributed by atoms with van der Waals surface area (Å²) in [6.07, 6.45) is 0. The molecule has 0 saturated carbocycles. The Balaban J connectivity index is 0.000000640. The first-order chi connectivity index (χ1) is 3.93. The van der Waals surface area contributed by atoms with Crippen LogP contribution >= 0.6 is 0 Å². The van der Waals surface area contributed by atoms with Crippen LogP contribution < -0.4 is 5.32 Å². The summed E-state index contributed by atoms with van der Waals surface area (Å²) < 4.78 is 0. The zero-order valence-corrected chi connectivity index (χ0v) is 5.89. The van der Waals surface area contributed by atoms with E-state index in [9.17, 15) is 0 Å². The van der Waals surface area contributed by atoms with Crippen LogP contribution in [0.4, 0.5) is 5.69 Å². The van der Waals surface area contributed by atoms with Crippen molar-refractivity contribution in [3.8, 4) is 0 Å². The summed E-state index contributed by atoms with van der Waals surface area (Å²) in [5.41, 5.74) is 1.16. The second kappa shape index (κ2) is 4.49. The molecule has 1 rings (SSSR count). The minimum absolute atomic E-state index is 0. The predicted molar refractivity (Wildman–Crippen MR) is 41.7 cm³/mol. The van der Waals surface area contributed by atoms with Crippen LogP contribution in [0.2, 0.25) is 0 Å². The Bertz CT molecular complexity index is 150. The van der Waals surface area contributed by atoms with Gasteiger partial charge in [-0.3, -0.25) is 0 Å². The van der Waals surface area contributed by atoms with Crippen molar-refractivity contribution in [3.63, 3.8) is 0 Å². The molecule has 0 saturated heterocycles. The molecule has 0 unspecified atom stereocenters. The van der Waals surface area contributed by atoms with E-state index in [-0.39, 0.29) is 18.9 Å². The predicted octanol–water partition coefficient (Wildman–Crippen LogP) is 1.35. The summed E-state index contributed by atoms with van der Waals surface area (Å²) in [5.74, 6) is 0. The van der Waals surface area contributed by atoms with Crippen molar-refractivity contribution in [1.82, 2.24) is 0 Å². The van der Waals surface area contributed by atoms with Crippen molar-refractivity contribution in [2.75, 3.05) is 12.4 Å². The quantitative estimate of drug-likeness (QED) is 0.543. The van der Waals surface area contributed by atoms with Crippen molar-refractivity contribution in [3.05, 3.63) is 30.3 Å². The molecule has 0 amide bonds. The van der Waals surface area contributed by atoms with E-state index in [4.69, 9.17) is 0 Å². The van der Waals surface area contributed by atoms with Gasteiger partial charge in [0.15, 0.2) is 0 Å². The molecule has 0 atom stereocenters. The van der Waals surface area contributed by atoms with Gasteiger partial charge in [-0.25, -0.2) is 0 Å². The first kappa shape index (κ1) is 8.62. The molecule has 1 N–H and O–H groups in total. The summed E-state index contributed by atoms with van der Waals surface area (Å²) in [4.78, 5) is 0. The van der Waals surface area contributed by atoms with E-state index in [1.54, 1.807) is 0 Å². The standard InChI is InChI=1S/C7H9N.Li/c1-8-7-5-3-2-4-6-7;/h2-6,8H,1H3;. The van der Waals surface area contributed by atoms with Gasteiger partial charge in [0.05, 0.1) is 0 Å².